The van der Waals surface area contributed by atoms with Crippen LogP contribution < -0.4 is 5.56 Å². The van der Waals surface area contributed by atoms with Crippen LogP contribution >= 0.6 is 15.9 Å². The number of fused-ring (bicyclic) bond motifs is 1. The van der Waals surface area contributed by atoms with Crippen molar-refractivity contribution in [3.8, 4) is 0 Å². The SMILES string of the molecule is O=c1[nH]n(S(=O)(=O)CCC2CC2)c2ncc(Br)cc12. The lowest BCUT2D eigenvalue weighted by molar-refractivity contribution is 0.575. The molecule has 2 aromatic heterocycles. The maximum Gasteiger partial charge on any atom is 0.274 e. The van der Waals surface area contributed by atoms with E-state index < -0.39 is 15.6 Å². The summed E-state index contributed by atoms with van der Waals surface area (Å²) in [5, 5.41) is 2.62. The monoisotopic (exact) mass is 345 g/mol. The van der Waals surface area contributed by atoms with Gasteiger partial charge < -0.3 is 0 Å². The van der Waals surface area contributed by atoms with Crippen LogP contribution in [0.15, 0.2) is 21.5 Å². The Labute approximate surface area is 118 Å². The van der Waals surface area contributed by atoms with Crippen molar-refractivity contribution < 1.29 is 8.42 Å². The number of hydrogen-bond acceptors (Lipinski definition) is 4. The molecule has 0 saturated heterocycles. The highest BCUT2D eigenvalue weighted by Gasteiger charge is 2.26. The Morgan fingerprint density at radius 1 is 1.47 bits per heavy atom. The minimum Gasteiger partial charge on any atom is -0.267 e. The highest BCUT2D eigenvalue weighted by atomic mass is 79.9. The molecule has 1 N–H and O–H groups in total. The summed E-state index contributed by atoms with van der Waals surface area (Å²) in [5.41, 5.74) is -0.289. The molecule has 19 heavy (non-hydrogen) atoms. The molecule has 102 valence electrons. The van der Waals surface area contributed by atoms with Crippen molar-refractivity contribution in [1.82, 2.24) is 14.2 Å². The molecule has 1 saturated carbocycles. The Morgan fingerprint density at radius 2 is 2.21 bits per heavy atom. The molecule has 0 unspecified atom stereocenters. The van der Waals surface area contributed by atoms with Gasteiger partial charge in [-0.3, -0.25) is 4.79 Å². The van der Waals surface area contributed by atoms with Gasteiger partial charge in [0.05, 0.1) is 11.1 Å². The predicted molar refractivity (Wildman–Crippen MR) is 74.6 cm³/mol. The average Bonchev–Trinajstić information content (AvgIpc) is 3.12. The van der Waals surface area contributed by atoms with E-state index in [2.05, 4.69) is 26.0 Å². The van der Waals surface area contributed by atoms with E-state index in [9.17, 15) is 13.2 Å². The summed E-state index contributed by atoms with van der Waals surface area (Å²) in [6.45, 7) is 0. The quantitative estimate of drug-likeness (QED) is 0.908. The zero-order valence-electron chi connectivity index (χ0n) is 9.97. The van der Waals surface area contributed by atoms with Gasteiger partial charge in [-0.2, -0.15) is 4.09 Å². The number of hydrogen-bond donors (Lipinski definition) is 1. The molecule has 6 nitrogen and oxygen atoms in total. The topological polar surface area (TPSA) is 84.8 Å². The molecule has 8 heteroatoms. The van der Waals surface area contributed by atoms with Crippen LogP contribution in [0, 0.1) is 5.92 Å². The second-order valence-corrected chi connectivity index (χ2v) is 7.63. The van der Waals surface area contributed by atoms with Crippen molar-refractivity contribution in [3.05, 3.63) is 27.1 Å². The summed E-state index contributed by atoms with van der Waals surface area (Å²) in [4.78, 5) is 15.8. The summed E-state index contributed by atoms with van der Waals surface area (Å²) in [6.07, 6.45) is 4.32. The zero-order chi connectivity index (χ0) is 13.6. The minimum atomic E-state index is -3.55. The molecule has 2 aromatic rings. The highest BCUT2D eigenvalue weighted by molar-refractivity contribution is 9.10. The second-order valence-electron chi connectivity index (χ2n) is 4.78. The van der Waals surface area contributed by atoms with E-state index in [0.29, 0.717) is 16.8 Å². The van der Waals surface area contributed by atoms with Gasteiger partial charge in [0.15, 0.2) is 5.65 Å². The van der Waals surface area contributed by atoms with Crippen molar-refractivity contribution in [2.45, 2.75) is 19.3 Å². The van der Waals surface area contributed by atoms with Gasteiger partial charge in [-0.1, -0.05) is 12.8 Å². The summed E-state index contributed by atoms with van der Waals surface area (Å²) >= 11 is 3.21. The van der Waals surface area contributed by atoms with Crippen LogP contribution in [0.2, 0.25) is 0 Å². The molecule has 0 atom stereocenters. The van der Waals surface area contributed by atoms with Gasteiger partial charge in [-0.25, -0.2) is 18.5 Å². The number of rotatable bonds is 4. The first-order chi connectivity index (χ1) is 8.97. The summed E-state index contributed by atoms with van der Waals surface area (Å²) in [7, 11) is -3.55. The fourth-order valence-corrected chi connectivity index (χ4v) is 3.76. The molecule has 0 aromatic carbocycles. The molecule has 0 aliphatic heterocycles. The number of pyridine rings is 1. The average molecular weight is 346 g/mol. The second kappa shape index (κ2) is 4.45. The Balaban J connectivity index is 2.06. The fourth-order valence-electron chi connectivity index (χ4n) is 1.98. The molecule has 2 heterocycles. The molecule has 1 fully saturated rings. The van der Waals surface area contributed by atoms with E-state index in [4.69, 9.17) is 0 Å². The van der Waals surface area contributed by atoms with Gasteiger partial charge >= 0.3 is 0 Å². The third-order valence-electron chi connectivity index (χ3n) is 3.23. The highest BCUT2D eigenvalue weighted by Crippen LogP contribution is 2.32. The van der Waals surface area contributed by atoms with Crippen LogP contribution in [-0.4, -0.2) is 28.3 Å². The van der Waals surface area contributed by atoms with Crippen LogP contribution in [0.4, 0.5) is 0 Å². The molecule has 0 spiro atoms. The van der Waals surface area contributed by atoms with Crippen LogP contribution in [0.5, 0.6) is 0 Å². The van der Waals surface area contributed by atoms with E-state index in [1.165, 1.54) is 6.20 Å². The summed E-state index contributed by atoms with van der Waals surface area (Å²) in [5.74, 6) is 0.556. The van der Waals surface area contributed by atoms with Crippen LogP contribution in [0.25, 0.3) is 11.0 Å². The smallest absolute Gasteiger partial charge is 0.267 e. The van der Waals surface area contributed by atoms with Gasteiger partial charge in [-0.15, -0.1) is 0 Å². The lowest BCUT2D eigenvalue weighted by Crippen LogP contribution is -2.20. The maximum absolute atomic E-state index is 12.2. The van der Waals surface area contributed by atoms with Crippen molar-refractivity contribution in [1.29, 1.82) is 0 Å². The maximum atomic E-state index is 12.2. The molecule has 0 amide bonds. The van der Waals surface area contributed by atoms with Crippen molar-refractivity contribution in [2.75, 3.05) is 5.75 Å². The van der Waals surface area contributed by atoms with Gasteiger partial charge in [-0.05, 0) is 34.3 Å². The first-order valence-corrected chi connectivity index (χ1v) is 8.37. The van der Waals surface area contributed by atoms with Gasteiger partial charge in [0.1, 0.15) is 0 Å². The van der Waals surface area contributed by atoms with Gasteiger partial charge in [0, 0.05) is 10.7 Å². The van der Waals surface area contributed by atoms with E-state index in [0.717, 1.165) is 16.9 Å². The summed E-state index contributed by atoms with van der Waals surface area (Å²) in [6, 6.07) is 1.56. The first kappa shape index (κ1) is 12.9. The number of nitrogens with zero attached hydrogens (tertiary/aromatic N) is 2. The standard InChI is InChI=1S/C11H12BrN3O3S/c12-8-5-9-10(13-6-8)15(14-11(9)16)19(17,18)4-3-7-1-2-7/h5-7H,1-4H2,(H,14,16). The van der Waals surface area contributed by atoms with E-state index >= 15 is 0 Å². The predicted octanol–water partition coefficient (Wildman–Crippen LogP) is 1.47. The molecular weight excluding hydrogens is 334 g/mol. The first-order valence-electron chi connectivity index (χ1n) is 5.97. The van der Waals surface area contributed by atoms with Crippen LogP contribution in [0.1, 0.15) is 19.3 Å². The number of halogens is 1. The number of nitrogens with one attached hydrogen (secondary N) is 1. The number of aromatic nitrogens is 3. The Hall–Kier alpha value is -1.15. The molecule has 1 aliphatic carbocycles. The zero-order valence-corrected chi connectivity index (χ0v) is 12.4. The normalized spacial score (nSPS) is 16.1. The largest absolute Gasteiger partial charge is 0.274 e. The van der Waals surface area contributed by atoms with E-state index in [1.807, 2.05) is 0 Å². The molecule has 0 radical (unpaired) electrons. The fraction of sp³-hybridized carbons (Fsp3) is 0.455. The summed E-state index contributed by atoms with van der Waals surface area (Å²) < 4.78 is 26.0. The molecule has 1 aliphatic rings. The van der Waals surface area contributed by atoms with E-state index in [1.54, 1.807) is 6.07 Å². The van der Waals surface area contributed by atoms with Crippen LogP contribution in [-0.2, 0) is 10.0 Å². The molecule has 0 bridgehead atoms. The molecular formula is C11H12BrN3O3S. The van der Waals surface area contributed by atoms with Crippen LogP contribution in [0.3, 0.4) is 0 Å². The Bertz CT molecular complexity index is 789. The number of aromatic amines is 1. The molecule has 3 rings (SSSR count). The third kappa shape index (κ3) is 2.46. The third-order valence-corrected chi connectivity index (χ3v) is 5.24. The number of H-pyrrole nitrogens is 1. The van der Waals surface area contributed by atoms with Crippen molar-refractivity contribution in [2.24, 2.45) is 5.92 Å². The Kier molecular flexibility index (Phi) is 3.01. The van der Waals surface area contributed by atoms with Crippen molar-refractivity contribution in [3.63, 3.8) is 0 Å². The van der Waals surface area contributed by atoms with Gasteiger partial charge in [0.2, 0.25) is 0 Å². The Morgan fingerprint density at radius 3 is 2.89 bits per heavy atom. The lowest BCUT2D eigenvalue weighted by atomic mass is 10.3. The van der Waals surface area contributed by atoms with Gasteiger partial charge in [0.25, 0.3) is 15.6 Å². The lowest BCUT2D eigenvalue weighted by Gasteiger charge is -2.05. The van der Waals surface area contributed by atoms with E-state index in [-0.39, 0.29) is 16.8 Å². The minimum absolute atomic E-state index is 0.0368. The van der Waals surface area contributed by atoms with Crippen molar-refractivity contribution >= 4 is 37.0 Å².